The van der Waals surface area contributed by atoms with Crippen LogP contribution in [0.4, 0.5) is 0 Å². The maximum absolute atomic E-state index is 9.32. The number of nitrogens with zero attached hydrogens (tertiary/aromatic N) is 2. The minimum Gasteiger partial charge on any atom is -0.394 e. The average Bonchev–Trinajstić information content (AvgIpc) is 2.46. The van der Waals surface area contributed by atoms with E-state index in [0.29, 0.717) is 12.6 Å². The number of ether oxygens (including phenoxy) is 1. The van der Waals surface area contributed by atoms with E-state index in [1.165, 1.54) is 12.8 Å². The fraction of sp³-hybridized carbons (Fsp3) is 0.929. The molecule has 1 heterocycles. The van der Waals surface area contributed by atoms with Crippen LogP contribution >= 0.6 is 0 Å². The minimum atomic E-state index is -0.0694. The number of hydrogen-bond acceptors (Lipinski definition) is 4. The first-order valence-electron chi connectivity index (χ1n) is 7.14. The summed E-state index contributed by atoms with van der Waals surface area (Å²) in [6, 6.07) is 2.85. The summed E-state index contributed by atoms with van der Waals surface area (Å²) in [6.45, 7) is 4.67. The molecule has 1 saturated carbocycles. The van der Waals surface area contributed by atoms with Crippen LogP contribution in [-0.4, -0.2) is 48.5 Å². The van der Waals surface area contributed by atoms with Crippen molar-refractivity contribution in [3.8, 4) is 6.07 Å². The van der Waals surface area contributed by atoms with E-state index >= 15 is 0 Å². The summed E-state index contributed by atoms with van der Waals surface area (Å²) in [7, 11) is 0. The second-order valence-electron chi connectivity index (χ2n) is 5.56. The number of morpholine rings is 1. The second kappa shape index (κ2) is 6.51. The van der Waals surface area contributed by atoms with Crippen LogP contribution in [0.15, 0.2) is 0 Å². The van der Waals surface area contributed by atoms with Crippen molar-refractivity contribution in [2.75, 3.05) is 26.3 Å². The van der Waals surface area contributed by atoms with Gasteiger partial charge < -0.3 is 9.84 Å². The van der Waals surface area contributed by atoms with Crippen molar-refractivity contribution in [1.29, 1.82) is 5.26 Å². The first-order valence-corrected chi connectivity index (χ1v) is 7.14. The van der Waals surface area contributed by atoms with Crippen molar-refractivity contribution in [3.63, 3.8) is 0 Å². The van der Waals surface area contributed by atoms with Crippen molar-refractivity contribution in [3.05, 3.63) is 0 Å². The van der Waals surface area contributed by atoms with Gasteiger partial charge in [0.25, 0.3) is 0 Å². The summed E-state index contributed by atoms with van der Waals surface area (Å²) < 4.78 is 5.50. The standard InChI is InChI=1S/C14H24N2O2/c1-2-11-3-4-12(8-15)14(7-11)16-5-6-18-13(9-16)10-17/h11-14,17H,2-7,9-10H2,1H3. The Labute approximate surface area is 110 Å². The van der Waals surface area contributed by atoms with E-state index in [0.717, 1.165) is 31.8 Å². The first kappa shape index (κ1) is 13.8. The number of aliphatic hydroxyl groups is 1. The highest BCUT2D eigenvalue weighted by Gasteiger charge is 2.36. The molecule has 0 spiro atoms. The second-order valence-corrected chi connectivity index (χ2v) is 5.56. The molecule has 18 heavy (non-hydrogen) atoms. The van der Waals surface area contributed by atoms with Gasteiger partial charge in [0.15, 0.2) is 0 Å². The summed E-state index contributed by atoms with van der Waals surface area (Å²) in [6.07, 6.45) is 4.50. The Bertz CT molecular complexity index is 303. The Kier molecular flexibility index (Phi) is 4.99. The van der Waals surface area contributed by atoms with Crippen molar-refractivity contribution >= 4 is 0 Å². The molecule has 102 valence electrons. The van der Waals surface area contributed by atoms with Crippen LogP contribution in [0.25, 0.3) is 0 Å². The molecule has 0 aromatic rings. The van der Waals surface area contributed by atoms with Gasteiger partial charge in [0, 0.05) is 19.1 Å². The first-order chi connectivity index (χ1) is 8.78. The number of nitriles is 1. The third-order valence-electron chi connectivity index (χ3n) is 4.51. The van der Waals surface area contributed by atoms with E-state index < -0.39 is 0 Å². The number of rotatable bonds is 3. The third-order valence-corrected chi connectivity index (χ3v) is 4.51. The molecule has 2 rings (SSSR count). The Morgan fingerprint density at radius 1 is 1.44 bits per heavy atom. The van der Waals surface area contributed by atoms with E-state index in [-0.39, 0.29) is 18.6 Å². The van der Waals surface area contributed by atoms with Gasteiger partial charge in [-0.2, -0.15) is 5.26 Å². The van der Waals surface area contributed by atoms with Crippen LogP contribution in [0.1, 0.15) is 32.6 Å². The third kappa shape index (κ3) is 3.03. The van der Waals surface area contributed by atoms with E-state index in [1.807, 2.05) is 0 Å². The maximum Gasteiger partial charge on any atom is 0.0932 e. The molecule has 1 aliphatic carbocycles. The monoisotopic (exact) mass is 252 g/mol. The molecular weight excluding hydrogens is 228 g/mol. The molecule has 0 bridgehead atoms. The molecule has 1 N–H and O–H groups in total. The van der Waals surface area contributed by atoms with Gasteiger partial charge in [-0.25, -0.2) is 0 Å². The summed E-state index contributed by atoms with van der Waals surface area (Å²) in [5.41, 5.74) is 0. The Balaban J connectivity index is 2.01. The van der Waals surface area contributed by atoms with Crippen molar-refractivity contribution in [2.45, 2.75) is 44.8 Å². The van der Waals surface area contributed by atoms with Crippen LogP contribution in [0, 0.1) is 23.2 Å². The van der Waals surface area contributed by atoms with Crippen molar-refractivity contribution in [2.24, 2.45) is 11.8 Å². The molecule has 2 aliphatic rings. The smallest absolute Gasteiger partial charge is 0.0932 e. The largest absolute Gasteiger partial charge is 0.394 e. The van der Waals surface area contributed by atoms with Gasteiger partial charge in [0.2, 0.25) is 0 Å². The molecule has 1 saturated heterocycles. The molecule has 0 amide bonds. The van der Waals surface area contributed by atoms with Gasteiger partial charge >= 0.3 is 0 Å². The lowest BCUT2D eigenvalue weighted by Gasteiger charge is -2.43. The Morgan fingerprint density at radius 3 is 2.94 bits per heavy atom. The van der Waals surface area contributed by atoms with Gasteiger partial charge in [0.05, 0.1) is 31.3 Å². The van der Waals surface area contributed by atoms with E-state index in [2.05, 4.69) is 17.9 Å². The van der Waals surface area contributed by atoms with Gasteiger partial charge in [-0.05, 0) is 25.2 Å². The lowest BCUT2D eigenvalue weighted by atomic mass is 9.77. The van der Waals surface area contributed by atoms with Crippen LogP contribution in [0.5, 0.6) is 0 Å². The van der Waals surface area contributed by atoms with Gasteiger partial charge in [-0.15, -0.1) is 0 Å². The van der Waals surface area contributed by atoms with Gasteiger partial charge in [-0.1, -0.05) is 13.3 Å². The quantitative estimate of drug-likeness (QED) is 0.825. The van der Waals surface area contributed by atoms with Crippen molar-refractivity contribution < 1.29 is 9.84 Å². The fourth-order valence-corrected chi connectivity index (χ4v) is 3.31. The molecule has 4 heteroatoms. The van der Waals surface area contributed by atoms with Gasteiger partial charge in [-0.3, -0.25) is 4.90 Å². The lowest BCUT2D eigenvalue weighted by molar-refractivity contribution is -0.0757. The van der Waals surface area contributed by atoms with Crippen LogP contribution in [0.3, 0.4) is 0 Å². The van der Waals surface area contributed by atoms with Gasteiger partial charge in [0.1, 0.15) is 0 Å². The van der Waals surface area contributed by atoms with E-state index in [4.69, 9.17) is 4.74 Å². The molecule has 4 unspecified atom stereocenters. The van der Waals surface area contributed by atoms with Crippen LogP contribution < -0.4 is 0 Å². The SMILES string of the molecule is CCC1CCC(C#N)C(N2CCOC(CO)C2)C1. The highest BCUT2D eigenvalue weighted by Crippen LogP contribution is 2.34. The fourth-order valence-electron chi connectivity index (χ4n) is 3.31. The predicted octanol–water partition coefficient (Wildman–Crippen LogP) is 1.40. The van der Waals surface area contributed by atoms with Crippen LogP contribution in [0.2, 0.25) is 0 Å². The molecule has 1 aliphatic heterocycles. The molecular formula is C14H24N2O2. The minimum absolute atomic E-state index is 0.0694. The highest BCUT2D eigenvalue weighted by molar-refractivity contribution is 4.98. The zero-order valence-electron chi connectivity index (χ0n) is 11.2. The Morgan fingerprint density at radius 2 is 2.28 bits per heavy atom. The van der Waals surface area contributed by atoms with E-state index in [1.54, 1.807) is 0 Å². The maximum atomic E-state index is 9.32. The topological polar surface area (TPSA) is 56.5 Å². The molecule has 0 radical (unpaired) electrons. The summed E-state index contributed by atoms with van der Waals surface area (Å²) in [5.74, 6) is 0.917. The molecule has 2 fully saturated rings. The molecule has 0 aromatic carbocycles. The van der Waals surface area contributed by atoms with Crippen LogP contribution in [-0.2, 0) is 4.74 Å². The summed E-state index contributed by atoms with van der Waals surface area (Å²) >= 11 is 0. The normalized spacial score (nSPS) is 38.3. The van der Waals surface area contributed by atoms with Crippen molar-refractivity contribution in [1.82, 2.24) is 4.90 Å². The number of aliphatic hydroxyl groups excluding tert-OH is 1. The summed E-state index contributed by atoms with van der Waals surface area (Å²) in [5, 5.41) is 18.5. The Hall–Kier alpha value is -0.630. The molecule has 4 atom stereocenters. The average molecular weight is 252 g/mol. The van der Waals surface area contributed by atoms with E-state index in [9.17, 15) is 10.4 Å². The molecule has 0 aromatic heterocycles. The summed E-state index contributed by atoms with van der Waals surface area (Å²) in [4.78, 5) is 2.38. The number of hydrogen-bond donors (Lipinski definition) is 1. The lowest BCUT2D eigenvalue weighted by Crippen LogP contribution is -2.52. The zero-order valence-corrected chi connectivity index (χ0v) is 11.2. The highest BCUT2D eigenvalue weighted by atomic mass is 16.5. The zero-order chi connectivity index (χ0) is 13.0. The predicted molar refractivity (Wildman–Crippen MR) is 68.9 cm³/mol. The molecule has 4 nitrogen and oxygen atoms in total.